The highest BCUT2D eigenvalue weighted by atomic mass is 16.2. The van der Waals surface area contributed by atoms with Gasteiger partial charge in [-0.05, 0) is 43.4 Å². The number of piperidine rings is 1. The van der Waals surface area contributed by atoms with E-state index < -0.39 is 11.9 Å². The number of hydrogen-bond donors (Lipinski definition) is 3. The van der Waals surface area contributed by atoms with Gasteiger partial charge in [-0.15, -0.1) is 5.10 Å². The predicted octanol–water partition coefficient (Wildman–Crippen LogP) is 0.559. The summed E-state index contributed by atoms with van der Waals surface area (Å²) in [4.78, 5) is 51.1. The number of imide groups is 1. The SMILES string of the molecule is O=C1CCC(N2Cc3ccc(-n4cc(C(=O)NC5CCCc6[nH]ncc65)nn4)cc3C2=O)C(=O)N1. The maximum atomic E-state index is 13.1. The molecule has 1 aromatic carbocycles. The van der Waals surface area contributed by atoms with Gasteiger partial charge in [0.1, 0.15) is 6.04 Å². The molecule has 2 aliphatic heterocycles. The zero-order valence-corrected chi connectivity index (χ0v) is 18.7. The topological polar surface area (TPSA) is 155 Å². The van der Waals surface area contributed by atoms with E-state index in [-0.39, 0.29) is 35.9 Å². The number of nitrogens with zero attached hydrogens (tertiary/aromatic N) is 5. The van der Waals surface area contributed by atoms with Gasteiger partial charge in [-0.1, -0.05) is 11.3 Å². The highest BCUT2D eigenvalue weighted by Crippen LogP contribution is 2.30. The second kappa shape index (κ2) is 8.15. The number of aryl methyl sites for hydroxylation is 1. The van der Waals surface area contributed by atoms with Gasteiger partial charge < -0.3 is 10.2 Å². The molecule has 3 aliphatic rings. The second-order valence-electron chi connectivity index (χ2n) is 9.01. The molecule has 3 aromatic rings. The van der Waals surface area contributed by atoms with Crippen LogP contribution in [0.1, 0.15) is 69.4 Å². The zero-order valence-electron chi connectivity index (χ0n) is 18.7. The van der Waals surface area contributed by atoms with Gasteiger partial charge in [0.15, 0.2) is 5.69 Å². The summed E-state index contributed by atoms with van der Waals surface area (Å²) in [5.74, 6) is -1.38. The third-order valence-corrected chi connectivity index (χ3v) is 6.85. The number of carbonyl (C=O) groups is 4. The lowest BCUT2D eigenvalue weighted by Gasteiger charge is -2.29. The number of amides is 4. The van der Waals surface area contributed by atoms with Crippen LogP contribution in [0.3, 0.4) is 0 Å². The Labute approximate surface area is 199 Å². The Bertz CT molecular complexity index is 1380. The molecule has 2 aromatic heterocycles. The molecule has 1 saturated heterocycles. The summed E-state index contributed by atoms with van der Waals surface area (Å²) in [5, 5.41) is 20.5. The van der Waals surface area contributed by atoms with Crippen LogP contribution >= 0.6 is 0 Å². The van der Waals surface area contributed by atoms with Gasteiger partial charge in [-0.25, -0.2) is 4.68 Å². The van der Waals surface area contributed by atoms with Crippen LogP contribution in [0, 0.1) is 0 Å². The van der Waals surface area contributed by atoms with Crippen LogP contribution in [0.2, 0.25) is 0 Å². The van der Waals surface area contributed by atoms with E-state index in [0.29, 0.717) is 24.2 Å². The van der Waals surface area contributed by atoms with Gasteiger partial charge in [-0.3, -0.25) is 29.6 Å². The quantitative estimate of drug-likeness (QED) is 0.467. The third kappa shape index (κ3) is 3.66. The number of nitrogens with one attached hydrogen (secondary N) is 3. The molecule has 1 fully saturated rings. The first-order valence-corrected chi connectivity index (χ1v) is 11.5. The lowest BCUT2D eigenvalue weighted by molar-refractivity contribution is -0.136. The summed E-state index contributed by atoms with van der Waals surface area (Å²) in [6.45, 7) is 0.295. The number of hydrogen-bond acceptors (Lipinski definition) is 7. The van der Waals surface area contributed by atoms with Crippen molar-refractivity contribution in [2.24, 2.45) is 0 Å². The molecular weight excluding hydrogens is 452 g/mol. The van der Waals surface area contributed by atoms with E-state index in [1.165, 1.54) is 15.8 Å². The van der Waals surface area contributed by atoms with Crippen molar-refractivity contribution in [1.82, 2.24) is 40.7 Å². The highest BCUT2D eigenvalue weighted by molar-refractivity contribution is 6.05. The van der Waals surface area contributed by atoms with Gasteiger partial charge in [0.2, 0.25) is 11.8 Å². The molecule has 2 atom stereocenters. The van der Waals surface area contributed by atoms with Crippen molar-refractivity contribution in [3.8, 4) is 5.69 Å². The minimum Gasteiger partial charge on any atom is -0.344 e. The van der Waals surface area contributed by atoms with Crippen LogP contribution in [0.15, 0.2) is 30.6 Å². The van der Waals surface area contributed by atoms with E-state index in [4.69, 9.17) is 0 Å². The van der Waals surface area contributed by atoms with Gasteiger partial charge >= 0.3 is 0 Å². The van der Waals surface area contributed by atoms with E-state index in [0.717, 1.165) is 36.1 Å². The van der Waals surface area contributed by atoms with Crippen molar-refractivity contribution >= 4 is 23.6 Å². The molecule has 0 saturated carbocycles. The lowest BCUT2D eigenvalue weighted by atomic mass is 9.93. The van der Waals surface area contributed by atoms with Gasteiger partial charge in [0.05, 0.1) is 24.1 Å². The molecule has 4 amide bonds. The van der Waals surface area contributed by atoms with Crippen molar-refractivity contribution in [1.29, 1.82) is 0 Å². The standard InChI is InChI=1S/C23H22N8O4/c32-20-7-6-19(22(34)26-20)30-10-12-4-5-13(8-14(12)23(30)35)31-11-18(28-29-31)21(33)25-16-2-1-3-17-15(16)9-24-27-17/h4-5,8-9,11,16,19H,1-3,6-7,10H2,(H,24,27)(H,25,33)(H,26,32,34). The molecule has 178 valence electrons. The maximum absolute atomic E-state index is 13.1. The Morgan fingerprint density at radius 3 is 2.89 bits per heavy atom. The van der Waals surface area contributed by atoms with Crippen molar-refractivity contribution < 1.29 is 19.2 Å². The van der Waals surface area contributed by atoms with Crippen LogP contribution in [-0.2, 0) is 22.6 Å². The summed E-state index contributed by atoms with van der Waals surface area (Å²) < 4.78 is 1.45. The first kappa shape index (κ1) is 21.2. The number of rotatable bonds is 4. The fourth-order valence-electron chi connectivity index (χ4n) is 5.02. The Balaban J connectivity index is 1.18. The smallest absolute Gasteiger partial charge is 0.273 e. The van der Waals surface area contributed by atoms with E-state index in [2.05, 4.69) is 31.1 Å². The van der Waals surface area contributed by atoms with Gasteiger partial charge in [-0.2, -0.15) is 5.10 Å². The largest absolute Gasteiger partial charge is 0.344 e. The fraction of sp³-hybridized carbons (Fsp3) is 0.348. The van der Waals surface area contributed by atoms with E-state index in [9.17, 15) is 19.2 Å². The Hall–Kier alpha value is -4.35. The molecule has 0 spiro atoms. The van der Waals surface area contributed by atoms with Crippen molar-refractivity contribution in [2.75, 3.05) is 0 Å². The number of H-pyrrole nitrogens is 1. The Morgan fingerprint density at radius 1 is 1.14 bits per heavy atom. The average molecular weight is 474 g/mol. The lowest BCUT2D eigenvalue weighted by Crippen LogP contribution is -2.52. The van der Waals surface area contributed by atoms with Gasteiger partial charge in [0, 0.05) is 29.8 Å². The first-order valence-electron chi connectivity index (χ1n) is 11.5. The Morgan fingerprint density at radius 2 is 2.03 bits per heavy atom. The summed E-state index contributed by atoms with van der Waals surface area (Å²) in [7, 11) is 0. The number of fused-ring (bicyclic) bond motifs is 2. The van der Waals surface area contributed by atoms with E-state index in [1.54, 1.807) is 24.4 Å². The van der Waals surface area contributed by atoms with Crippen molar-refractivity contribution in [3.05, 3.63) is 58.7 Å². The summed E-state index contributed by atoms with van der Waals surface area (Å²) in [6.07, 6.45) is 6.46. The van der Waals surface area contributed by atoms with E-state index in [1.807, 2.05) is 0 Å². The summed E-state index contributed by atoms with van der Waals surface area (Å²) in [6, 6.07) is 4.46. The van der Waals surface area contributed by atoms with Crippen LogP contribution in [-0.4, -0.2) is 59.8 Å². The molecule has 2 unspecified atom stereocenters. The van der Waals surface area contributed by atoms with Crippen molar-refractivity contribution in [2.45, 2.75) is 50.7 Å². The number of carbonyl (C=O) groups excluding carboxylic acids is 4. The zero-order chi connectivity index (χ0) is 24.1. The number of aromatic nitrogens is 5. The number of aromatic amines is 1. The predicted molar refractivity (Wildman–Crippen MR) is 119 cm³/mol. The first-order chi connectivity index (χ1) is 17.0. The molecule has 35 heavy (non-hydrogen) atoms. The van der Waals surface area contributed by atoms with Crippen LogP contribution in [0.5, 0.6) is 0 Å². The molecule has 1 aliphatic carbocycles. The summed E-state index contributed by atoms with van der Waals surface area (Å²) in [5.41, 5.74) is 4.02. The molecule has 6 rings (SSSR count). The third-order valence-electron chi connectivity index (χ3n) is 6.85. The monoisotopic (exact) mass is 474 g/mol. The van der Waals surface area contributed by atoms with Crippen molar-refractivity contribution in [3.63, 3.8) is 0 Å². The minimum absolute atomic E-state index is 0.133. The molecule has 12 nitrogen and oxygen atoms in total. The highest BCUT2D eigenvalue weighted by Gasteiger charge is 2.39. The number of benzene rings is 1. The molecule has 0 radical (unpaired) electrons. The normalized spacial score (nSPS) is 21.5. The maximum Gasteiger partial charge on any atom is 0.273 e. The second-order valence-corrected chi connectivity index (χ2v) is 9.01. The molecular formula is C23H22N8O4. The van der Waals surface area contributed by atoms with Crippen LogP contribution in [0.25, 0.3) is 5.69 Å². The Kier molecular flexibility index (Phi) is 4.94. The van der Waals surface area contributed by atoms with Crippen LogP contribution < -0.4 is 10.6 Å². The molecule has 0 bridgehead atoms. The summed E-state index contributed by atoms with van der Waals surface area (Å²) >= 11 is 0. The molecule has 12 heteroatoms. The average Bonchev–Trinajstić information content (AvgIpc) is 3.59. The van der Waals surface area contributed by atoms with E-state index >= 15 is 0 Å². The van der Waals surface area contributed by atoms with Crippen LogP contribution in [0.4, 0.5) is 0 Å². The molecule has 4 heterocycles. The minimum atomic E-state index is -0.673. The fourth-order valence-corrected chi connectivity index (χ4v) is 5.02. The molecule has 3 N–H and O–H groups in total. The van der Waals surface area contributed by atoms with Gasteiger partial charge in [0.25, 0.3) is 11.8 Å².